The molecule has 0 radical (unpaired) electrons. The molecule has 0 bridgehead atoms. The quantitative estimate of drug-likeness (QED) is 0.836. The molecule has 1 rings (SSSR count). The van der Waals surface area contributed by atoms with E-state index < -0.39 is 0 Å². The molecule has 0 spiro atoms. The van der Waals surface area contributed by atoms with Gasteiger partial charge in [-0.05, 0) is 13.0 Å². The Bertz CT molecular complexity index is 243. The van der Waals surface area contributed by atoms with Gasteiger partial charge in [-0.1, -0.05) is 6.07 Å². The topological polar surface area (TPSA) is 48.1 Å². The summed E-state index contributed by atoms with van der Waals surface area (Å²) in [6.45, 7) is 1.89. The van der Waals surface area contributed by atoms with Crippen LogP contribution in [0.15, 0.2) is 18.2 Å². The first kappa shape index (κ1) is 15.0. The lowest BCUT2D eigenvalue weighted by Gasteiger charge is -2.05. The predicted octanol–water partition coefficient (Wildman–Crippen LogP) is 1.95. The first-order chi connectivity index (χ1) is 5.24. The average molecular weight is 225 g/mol. The largest absolute Gasteiger partial charge is 0.481 e. The zero-order valence-corrected chi connectivity index (χ0v) is 9.19. The van der Waals surface area contributed by atoms with Gasteiger partial charge in [-0.25, -0.2) is 4.98 Å². The highest BCUT2D eigenvalue weighted by Gasteiger charge is 2.00. The van der Waals surface area contributed by atoms with Crippen LogP contribution in [0.5, 0.6) is 5.88 Å². The van der Waals surface area contributed by atoms with Crippen molar-refractivity contribution < 1.29 is 4.74 Å². The van der Waals surface area contributed by atoms with Gasteiger partial charge in [-0.15, -0.1) is 24.8 Å². The molecule has 1 aromatic rings. The first-order valence-corrected chi connectivity index (χ1v) is 3.50. The van der Waals surface area contributed by atoms with Gasteiger partial charge in [0.05, 0.1) is 12.8 Å². The summed E-state index contributed by atoms with van der Waals surface area (Å²) in [4.78, 5) is 4.14. The van der Waals surface area contributed by atoms with Gasteiger partial charge in [0.2, 0.25) is 5.88 Å². The highest BCUT2D eigenvalue weighted by Crippen LogP contribution is 2.10. The molecule has 1 unspecified atom stereocenters. The van der Waals surface area contributed by atoms with Gasteiger partial charge in [-0.3, -0.25) is 0 Å². The lowest BCUT2D eigenvalue weighted by molar-refractivity contribution is 0.395. The number of nitrogens with zero attached hydrogens (tertiary/aromatic N) is 1. The molecule has 0 aliphatic rings. The summed E-state index contributed by atoms with van der Waals surface area (Å²) in [6, 6.07) is 5.52. The molecule has 13 heavy (non-hydrogen) atoms. The Labute approximate surface area is 90.5 Å². The van der Waals surface area contributed by atoms with E-state index in [0.29, 0.717) is 5.88 Å². The van der Waals surface area contributed by atoms with Crippen LogP contribution in [0.2, 0.25) is 0 Å². The third-order valence-corrected chi connectivity index (χ3v) is 1.42. The van der Waals surface area contributed by atoms with E-state index in [2.05, 4.69) is 4.98 Å². The Kier molecular flexibility index (Phi) is 8.01. The number of aromatic nitrogens is 1. The van der Waals surface area contributed by atoms with Gasteiger partial charge in [0.1, 0.15) is 0 Å². The van der Waals surface area contributed by atoms with Crippen LogP contribution in [-0.4, -0.2) is 12.1 Å². The van der Waals surface area contributed by atoms with Crippen LogP contribution in [0.25, 0.3) is 0 Å². The molecule has 76 valence electrons. The Balaban J connectivity index is 0. The second kappa shape index (κ2) is 6.95. The summed E-state index contributed by atoms with van der Waals surface area (Å²) < 4.78 is 4.94. The van der Waals surface area contributed by atoms with Crippen LogP contribution in [-0.2, 0) is 0 Å². The number of methoxy groups -OCH3 is 1. The van der Waals surface area contributed by atoms with Gasteiger partial charge in [0.25, 0.3) is 0 Å². The van der Waals surface area contributed by atoms with E-state index in [1.807, 2.05) is 19.1 Å². The minimum Gasteiger partial charge on any atom is -0.481 e. The number of ether oxygens (including phenoxy) is 1. The molecule has 0 aromatic carbocycles. The zero-order valence-electron chi connectivity index (χ0n) is 7.56. The maximum atomic E-state index is 5.62. The van der Waals surface area contributed by atoms with E-state index in [1.165, 1.54) is 0 Å². The molecule has 1 heterocycles. The molecule has 5 heteroatoms. The number of hydrogen-bond acceptors (Lipinski definition) is 3. The molecule has 0 saturated carbocycles. The van der Waals surface area contributed by atoms with Gasteiger partial charge >= 0.3 is 0 Å². The van der Waals surface area contributed by atoms with Crippen LogP contribution in [0.3, 0.4) is 0 Å². The average Bonchev–Trinajstić information content (AvgIpc) is 2.05. The summed E-state index contributed by atoms with van der Waals surface area (Å²) in [5, 5.41) is 0. The van der Waals surface area contributed by atoms with Crippen molar-refractivity contribution in [1.82, 2.24) is 4.98 Å². The molecule has 3 nitrogen and oxygen atoms in total. The zero-order chi connectivity index (χ0) is 8.27. The van der Waals surface area contributed by atoms with Crippen molar-refractivity contribution in [2.24, 2.45) is 5.73 Å². The van der Waals surface area contributed by atoms with Crippen LogP contribution in [0.1, 0.15) is 18.7 Å². The van der Waals surface area contributed by atoms with Crippen molar-refractivity contribution in [2.45, 2.75) is 13.0 Å². The molecule has 0 saturated heterocycles. The van der Waals surface area contributed by atoms with Crippen LogP contribution < -0.4 is 10.5 Å². The smallest absolute Gasteiger partial charge is 0.213 e. The standard InChI is InChI=1S/C8H12N2O.2ClH/c1-6(9)7-4-3-5-8(10-7)11-2;;/h3-6H,9H2,1-2H3;2*1H. The highest BCUT2D eigenvalue weighted by atomic mass is 35.5. The molecule has 0 amide bonds. The fraction of sp³-hybridized carbons (Fsp3) is 0.375. The Morgan fingerprint density at radius 1 is 1.38 bits per heavy atom. The minimum absolute atomic E-state index is 0. The van der Waals surface area contributed by atoms with Crippen molar-refractivity contribution in [3.05, 3.63) is 23.9 Å². The lowest BCUT2D eigenvalue weighted by atomic mass is 10.2. The SMILES string of the molecule is COc1cccc(C(C)N)n1.Cl.Cl. The number of halogens is 2. The van der Waals surface area contributed by atoms with Gasteiger partial charge in [-0.2, -0.15) is 0 Å². The number of pyridine rings is 1. The van der Waals surface area contributed by atoms with Crippen LogP contribution in [0, 0.1) is 0 Å². The van der Waals surface area contributed by atoms with E-state index in [4.69, 9.17) is 10.5 Å². The first-order valence-electron chi connectivity index (χ1n) is 3.50. The second-order valence-electron chi connectivity index (χ2n) is 2.39. The predicted molar refractivity (Wildman–Crippen MR) is 57.9 cm³/mol. The van der Waals surface area contributed by atoms with Gasteiger partial charge < -0.3 is 10.5 Å². The van der Waals surface area contributed by atoms with Crippen molar-refractivity contribution in [3.63, 3.8) is 0 Å². The summed E-state index contributed by atoms with van der Waals surface area (Å²) in [7, 11) is 1.59. The molecule has 0 aliphatic heterocycles. The third kappa shape index (κ3) is 4.31. The fourth-order valence-corrected chi connectivity index (χ4v) is 0.798. The third-order valence-electron chi connectivity index (χ3n) is 1.42. The monoisotopic (exact) mass is 224 g/mol. The fourth-order valence-electron chi connectivity index (χ4n) is 0.798. The van der Waals surface area contributed by atoms with E-state index in [-0.39, 0.29) is 30.9 Å². The van der Waals surface area contributed by atoms with Crippen LogP contribution in [0.4, 0.5) is 0 Å². The van der Waals surface area contributed by atoms with Crippen molar-refractivity contribution in [3.8, 4) is 5.88 Å². The summed E-state index contributed by atoms with van der Waals surface area (Å²) in [6.07, 6.45) is 0. The van der Waals surface area contributed by atoms with Crippen molar-refractivity contribution >= 4 is 24.8 Å². The summed E-state index contributed by atoms with van der Waals surface area (Å²) in [5.74, 6) is 0.611. The minimum atomic E-state index is -0.0369. The van der Waals surface area contributed by atoms with Crippen molar-refractivity contribution in [2.75, 3.05) is 7.11 Å². The Morgan fingerprint density at radius 2 is 2.00 bits per heavy atom. The molecule has 0 fully saturated rings. The van der Waals surface area contributed by atoms with Crippen molar-refractivity contribution in [1.29, 1.82) is 0 Å². The number of nitrogens with two attached hydrogens (primary N) is 1. The number of hydrogen-bond donors (Lipinski definition) is 1. The summed E-state index contributed by atoms with van der Waals surface area (Å²) in [5.41, 5.74) is 6.47. The molecular weight excluding hydrogens is 211 g/mol. The van der Waals surface area contributed by atoms with E-state index in [0.717, 1.165) is 5.69 Å². The van der Waals surface area contributed by atoms with Gasteiger partial charge in [0.15, 0.2) is 0 Å². The van der Waals surface area contributed by atoms with E-state index in [1.54, 1.807) is 13.2 Å². The maximum Gasteiger partial charge on any atom is 0.213 e. The van der Waals surface area contributed by atoms with E-state index >= 15 is 0 Å². The molecular formula is C8H14Cl2N2O. The lowest BCUT2D eigenvalue weighted by Crippen LogP contribution is -2.07. The molecule has 1 atom stereocenters. The Hall–Kier alpha value is -0.510. The van der Waals surface area contributed by atoms with Crippen LogP contribution >= 0.6 is 24.8 Å². The second-order valence-corrected chi connectivity index (χ2v) is 2.39. The normalized spacial score (nSPS) is 10.7. The summed E-state index contributed by atoms with van der Waals surface area (Å²) >= 11 is 0. The highest BCUT2D eigenvalue weighted by molar-refractivity contribution is 5.85. The Morgan fingerprint density at radius 3 is 2.46 bits per heavy atom. The molecule has 0 aliphatic carbocycles. The maximum absolute atomic E-state index is 5.62. The van der Waals surface area contributed by atoms with E-state index in [9.17, 15) is 0 Å². The number of rotatable bonds is 2. The molecule has 1 aromatic heterocycles. The van der Waals surface area contributed by atoms with Gasteiger partial charge in [0, 0.05) is 12.1 Å². The molecule has 2 N–H and O–H groups in total.